The first-order chi connectivity index (χ1) is 9.96. The third-order valence-corrected chi connectivity index (χ3v) is 5.77. The zero-order chi connectivity index (χ0) is 15.0. The third kappa shape index (κ3) is 3.67. The molecule has 0 atom stereocenters. The van der Waals surface area contributed by atoms with E-state index in [1.807, 2.05) is 13.8 Å². The van der Waals surface area contributed by atoms with Gasteiger partial charge in [-0.05, 0) is 43.7 Å². The van der Waals surface area contributed by atoms with Crippen LogP contribution in [0.25, 0.3) is 0 Å². The summed E-state index contributed by atoms with van der Waals surface area (Å²) in [6.45, 7) is 5.31. The Morgan fingerprint density at radius 1 is 1.29 bits per heavy atom. The molecule has 0 amide bonds. The van der Waals surface area contributed by atoms with Gasteiger partial charge in [0.1, 0.15) is 5.76 Å². The molecule has 2 aliphatic rings. The predicted molar refractivity (Wildman–Crippen MR) is 80.3 cm³/mol. The highest BCUT2D eigenvalue weighted by Crippen LogP contribution is 2.38. The van der Waals surface area contributed by atoms with Gasteiger partial charge in [-0.15, -0.1) is 0 Å². The summed E-state index contributed by atoms with van der Waals surface area (Å²) >= 11 is 0. The van der Waals surface area contributed by atoms with E-state index in [1.54, 1.807) is 16.4 Å². The standard InChI is InChI=1S/C15H24N2O3S/c1-11(2)16-9-14-7-8-15(20-14)21(18,19)17(13-5-6-13)10-12-3-4-12/h7-8,11-13,16H,3-6,9-10H2,1-2H3. The predicted octanol–water partition coefficient (Wildman–Crippen LogP) is 2.34. The van der Waals surface area contributed by atoms with Crippen molar-refractivity contribution in [2.75, 3.05) is 6.54 Å². The van der Waals surface area contributed by atoms with Crippen molar-refractivity contribution in [2.45, 2.75) is 63.3 Å². The van der Waals surface area contributed by atoms with Crippen molar-refractivity contribution in [1.29, 1.82) is 0 Å². The van der Waals surface area contributed by atoms with Crippen molar-refractivity contribution in [2.24, 2.45) is 5.92 Å². The fourth-order valence-electron chi connectivity index (χ4n) is 2.37. The molecule has 0 saturated heterocycles. The fourth-order valence-corrected chi connectivity index (χ4v) is 4.07. The molecule has 0 spiro atoms. The number of rotatable bonds is 8. The normalized spacial score (nSPS) is 19.6. The Bertz CT molecular complexity index is 586. The summed E-state index contributed by atoms with van der Waals surface area (Å²) < 4.78 is 32.7. The van der Waals surface area contributed by atoms with Crippen LogP contribution < -0.4 is 5.32 Å². The maximum Gasteiger partial charge on any atom is 0.276 e. The Balaban J connectivity index is 1.73. The molecule has 3 rings (SSSR count). The molecule has 1 aromatic heterocycles. The highest BCUT2D eigenvalue weighted by atomic mass is 32.2. The van der Waals surface area contributed by atoms with Gasteiger partial charge in [-0.3, -0.25) is 0 Å². The molecule has 6 heteroatoms. The topological polar surface area (TPSA) is 62.6 Å². The van der Waals surface area contributed by atoms with Crippen molar-refractivity contribution < 1.29 is 12.8 Å². The van der Waals surface area contributed by atoms with E-state index in [0.717, 1.165) is 25.7 Å². The van der Waals surface area contributed by atoms with Gasteiger partial charge in [-0.25, -0.2) is 8.42 Å². The Kier molecular flexibility index (Phi) is 4.12. The van der Waals surface area contributed by atoms with Crippen LogP contribution in [0, 0.1) is 5.92 Å². The molecular formula is C15H24N2O3S. The number of hydrogen-bond donors (Lipinski definition) is 1. The lowest BCUT2D eigenvalue weighted by molar-refractivity contribution is 0.349. The highest BCUT2D eigenvalue weighted by Gasteiger charge is 2.42. The Hall–Kier alpha value is -0.850. The molecule has 2 fully saturated rings. The van der Waals surface area contributed by atoms with Gasteiger partial charge in [0, 0.05) is 18.6 Å². The first-order valence-corrected chi connectivity index (χ1v) is 9.25. The molecule has 2 saturated carbocycles. The van der Waals surface area contributed by atoms with Crippen LogP contribution in [0.2, 0.25) is 0 Å². The van der Waals surface area contributed by atoms with Crippen molar-refractivity contribution in [3.05, 3.63) is 17.9 Å². The summed E-state index contributed by atoms with van der Waals surface area (Å²) in [4.78, 5) is 0. The van der Waals surface area contributed by atoms with Gasteiger partial charge in [0.15, 0.2) is 0 Å². The minimum Gasteiger partial charge on any atom is -0.447 e. The molecule has 0 unspecified atom stereocenters. The molecule has 2 aliphatic carbocycles. The number of hydrogen-bond acceptors (Lipinski definition) is 4. The lowest BCUT2D eigenvalue weighted by Gasteiger charge is -2.20. The molecule has 5 nitrogen and oxygen atoms in total. The maximum absolute atomic E-state index is 12.7. The Morgan fingerprint density at radius 3 is 2.57 bits per heavy atom. The first kappa shape index (κ1) is 15.1. The zero-order valence-corrected chi connectivity index (χ0v) is 13.5. The van der Waals surface area contributed by atoms with Crippen molar-refractivity contribution >= 4 is 10.0 Å². The van der Waals surface area contributed by atoms with E-state index < -0.39 is 10.0 Å². The Morgan fingerprint density at radius 2 is 2.00 bits per heavy atom. The van der Waals surface area contributed by atoms with Crippen LogP contribution in [0.4, 0.5) is 0 Å². The van der Waals surface area contributed by atoms with Gasteiger partial charge < -0.3 is 9.73 Å². The van der Waals surface area contributed by atoms with Crippen LogP contribution in [0.1, 0.15) is 45.3 Å². The number of nitrogens with one attached hydrogen (secondary N) is 1. The summed E-state index contributed by atoms with van der Waals surface area (Å²) in [5.74, 6) is 1.22. The first-order valence-electron chi connectivity index (χ1n) is 7.81. The lowest BCUT2D eigenvalue weighted by atomic mass is 10.3. The quantitative estimate of drug-likeness (QED) is 0.800. The third-order valence-electron chi connectivity index (χ3n) is 3.97. The minimum atomic E-state index is -3.47. The number of nitrogens with zero attached hydrogens (tertiary/aromatic N) is 1. The van der Waals surface area contributed by atoms with Gasteiger partial charge in [0.2, 0.25) is 5.09 Å². The van der Waals surface area contributed by atoms with Crippen molar-refractivity contribution in [1.82, 2.24) is 9.62 Å². The number of furan rings is 1. The molecule has 0 bridgehead atoms. The van der Waals surface area contributed by atoms with E-state index in [4.69, 9.17) is 4.42 Å². The number of sulfonamides is 1. The average molecular weight is 312 g/mol. The minimum absolute atomic E-state index is 0.0932. The zero-order valence-electron chi connectivity index (χ0n) is 12.7. The molecule has 1 N–H and O–H groups in total. The molecule has 118 valence electrons. The average Bonchev–Trinajstić information content (AvgIpc) is 3.32. The van der Waals surface area contributed by atoms with Crippen LogP contribution in [-0.2, 0) is 16.6 Å². The molecule has 21 heavy (non-hydrogen) atoms. The monoisotopic (exact) mass is 312 g/mol. The SMILES string of the molecule is CC(C)NCc1ccc(S(=O)(=O)N(CC2CC2)C2CC2)o1. The summed E-state index contributed by atoms with van der Waals surface area (Å²) in [6, 6.07) is 3.88. The van der Waals surface area contributed by atoms with Crippen LogP contribution in [-0.4, -0.2) is 31.4 Å². The van der Waals surface area contributed by atoms with Crippen LogP contribution in [0.15, 0.2) is 21.6 Å². The van der Waals surface area contributed by atoms with Crippen molar-refractivity contribution in [3.63, 3.8) is 0 Å². The molecule has 0 radical (unpaired) electrons. The van der Waals surface area contributed by atoms with E-state index in [2.05, 4.69) is 5.32 Å². The summed E-state index contributed by atoms with van der Waals surface area (Å²) in [6.07, 6.45) is 4.27. The Labute approximate surface area is 126 Å². The van der Waals surface area contributed by atoms with Gasteiger partial charge in [-0.2, -0.15) is 4.31 Å². The van der Waals surface area contributed by atoms with E-state index in [0.29, 0.717) is 30.8 Å². The van der Waals surface area contributed by atoms with E-state index in [-0.39, 0.29) is 11.1 Å². The van der Waals surface area contributed by atoms with Gasteiger partial charge in [0.05, 0.1) is 6.54 Å². The van der Waals surface area contributed by atoms with Crippen LogP contribution in [0.3, 0.4) is 0 Å². The highest BCUT2D eigenvalue weighted by molar-refractivity contribution is 7.89. The molecule has 0 aromatic carbocycles. The summed E-state index contributed by atoms with van der Waals surface area (Å²) in [7, 11) is -3.47. The summed E-state index contributed by atoms with van der Waals surface area (Å²) in [5, 5.41) is 3.32. The van der Waals surface area contributed by atoms with Crippen molar-refractivity contribution in [3.8, 4) is 0 Å². The second-order valence-electron chi connectivity index (χ2n) is 6.51. The summed E-state index contributed by atoms with van der Waals surface area (Å²) in [5.41, 5.74) is 0. The van der Waals surface area contributed by atoms with Gasteiger partial charge in [-0.1, -0.05) is 13.8 Å². The molecule has 0 aliphatic heterocycles. The van der Waals surface area contributed by atoms with Crippen LogP contribution >= 0.6 is 0 Å². The lowest BCUT2D eigenvalue weighted by Crippen LogP contribution is -2.34. The smallest absolute Gasteiger partial charge is 0.276 e. The van der Waals surface area contributed by atoms with E-state index in [1.165, 1.54) is 0 Å². The van der Waals surface area contributed by atoms with Gasteiger partial charge in [0.25, 0.3) is 10.0 Å². The van der Waals surface area contributed by atoms with E-state index >= 15 is 0 Å². The molecule has 1 aromatic rings. The maximum atomic E-state index is 12.7. The second-order valence-corrected chi connectivity index (χ2v) is 8.33. The second kappa shape index (κ2) is 5.74. The molecule has 1 heterocycles. The van der Waals surface area contributed by atoms with Crippen LogP contribution in [0.5, 0.6) is 0 Å². The van der Waals surface area contributed by atoms with E-state index in [9.17, 15) is 8.42 Å². The largest absolute Gasteiger partial charge is 0.447 e. The molecular weight excluding hydrogens is 288 g/mol. The van der Waals surface area contributed by atoms with Gasteiger partial charge >= 0.3 is 0 Å². The fraction of sp³-hybridized carbons (Fsp3) is 0.733.